The van der Waals surface area contributed by atoms with Crippen molar-refractivity contribution in [2.45, 2.75) is 20.3 Å². The average Bonchev–Trinajstić information content (AvgIpc) is 2.37. The second-order valence-electron chi connectivity index (χ2n) is 3.39. The van der Waals surface area contributed by atoms with E-state index in [9.17, 15) is 0 Å². The van der Waals surface area contributed by atoms with Gasteiger partial charge in [0.25, 0.3) is 0 Å². The molecule has 1 N–H and O–H groups in total. The van der Waals surface area contributed by atoms with E-state index < -0.39 is 0 Å². The van der Waals surface area contributed by atoms with Gasteiger partial charge in [0, 0.05) is 4.88 Å². The number of aryl methyl sites for hydroxylation is 1. The number of rotatable bonds is 4. The van der Waals surface area contributed by atoms with Gasteiger partial charge in [0.2, 0.25) is 0 Å². The highest BCUT2D eigenvalue weighted by atomic mass is 32.1. The van der Waals surface area contributed by atoms with Gasteiger partial charge in [0.15, 0.2) is 0 Å². The van der Waals surface area contributed by atoms with Crippen LogP contribution in [-0.4, -0.2) is 13.6 Å². The summed E-state index contributed by atoms with van der Waals surface area (Å²) in [5.74, 6) is 0.743. The summed E-state index contributed by atoms with van der Waals surface area (Å²) in [7, 11) is 2.01. The fraction of sp³-hybridized carbons (Fsp3) is 0.600. The first-order valence-electron chi connectivity index (χ1n) is 4.41. The van der Waals surface area contributed by atoms with Gasteiger partial charge >= 0.3 is 0 Å². The molecule has 12 heavy (non-hydrogen) atoms. The lowest BCUT2D eigenvalue weighted by molar-refractivity contribution is 0.544. The lowest BCUT2D eigenvalue weighted by atomic mass is 10.1. The van der Waals surface area contributed by atoms with E-state index in [-0.39, 0.29) is 0 Å². The van der Waals surface area contributed by atoms with Gasteiger partial charge in [-0.3, -0.25) is 0 Å². The molecule has 1 rings (SSSR count). The van der Waals surface area contributed by atoms with Crippen molar-refractivity contribution in [3.8, 4) is 0 Å². The highest BCUT2D eigenvalue weighted by molar-refractivity contribution is 7.10. The second kappa shape index (κ2) is 4.63. The Hall–Kier alpha value is -0.340. The summed E-state index contributed by atoms with van der Waals surface area (Å²) >= 11 is 1.88. The van der Waals surface area contributed by atoms with Crippen molar-refractivity contribution < 1.29 is 0 Å². The van der Waals surface area contributed by atoms with Crippen molar-refractivity contribution >= 4 is 11.3 Å². The summed E-state index contributed by atoms with van der Waals surface area (Å²) in [4.78, 5) is 1.54. The van der Waals surface area contributed by atoms with Crippen LogP contribution in [0.15, 0.2) is 11.4 Å². The van der Waals surface area contributed by atoms with Gasteiger partial charge in [0.1, 0.15) is 0 Å². The molecule has 1 unspecified atom stereocenters. The molecule has 2 heteroatoms. The molecule has 0 aliphatic heterocycles. The van der Waals surface area contributed by atoms with Crippen LogP contribution in [0.25, 0.3) is 0 Å². The fourth-order valence-electron chi connectivity index (χ4n) is 1.35. The Balaban J connectivity index is 2.46. The Morgan fingerprint density at radius 3 is 2.83 bits per heavy atom. The van der Waals surface area contributed by atoms with Crippen molar-refractivity contribution in [2.75, 3.05) is 13.6 Å². The van der Waals surface area contributed by atoms with Crippen molar-refractivity contribution in [3.63, 3.8) is 0 Å². The molecule has 0 bridgehead atoms. The second-order valence-corrected chi connectivity index (χ2v) is 4.39. The molecule has 0 radical (unpaired) electrons. The van der Waals surface area contributed by atoms with Crippen LogP contribution in [-0.2, 0) is 6.42 Å². The third-order valence-electron chi connectivity index (χ3n) is 2.05. The molecule has 1 nitrogen and oxygen atoms in total. The van der Waals surface area contributed by atoms with Crippen LogP contribution < -0.4 is 5.32 Å². The molecular weight excluding hydrogens is 166 g/mol. The van der Waals surface area contributed by atoms with E-state index in [2.05, 4.69) is 30.6 Å². The maximum absolute atomic E-state index is 3.20. The predicted octanol–water partition coefficient (Wildman–Crippen LogP) is 2.45. The first-order chi connectivity index (χ1) is 5.74. The van der Waals surface area contributed by atoms with Crippen LogP contribution in [0.5, 0.6) is 0 Å². The van der Waals surface area contributed by atoms with Gasteiger partial charge in [-0.05, 0) is 49.9 Å². The van der Waals surface area contributed by atoms with Crippen molar-refractivity contribution in [1.82, 2.24) is 5.32 Å². The smallest absolute Gasteiger partial charge is 0.00775 e. The largest absolute Gasteiger partial charge is 0.319 e. The van der Waals surface area contributed by atoms with Crippen molar-refractivity contribution in [2.24, 2.45) is 5.92 Å². The Morgan fingerprint density at radius 1 is 1.58 bits per heavy atom. The van der Waals surface area contributed by atoms with E-state index in [1.807, 2.05) is 18.4 Å². The van der Waals surface area contributed by atoms with E-state index in [0.717, 1.165) is 12.5 Å². The SMILES string of the molecule is CNCC(C)Cc1sccc1C. The molecule has 0 saturated carbocycles. The molecule has 1 aromatic heterocycles. The highest BCUT2D eigenvalue weighted by Crippen LogP contribution is 2.19. The van der Waals surface area contributed by atoms with Crippen molar-refractivity contribution in [3.05, 3.63) is 21.9 Å². The van der Waals surface area contributed by atoms with Crippen molar-refractivity contribution in [1.29, 1.82) is 0 Å². The van der Waals surface area contributed by atoms with Crippen LogP contribution in [0, 0.1) is 12.8 Å². The molecular formula is C10H17NS. The van der Waals surface area contributed by atoms with Crippen LogP contribution in [0.1, 0.15) is 17.4 Å². The summed E-state index contributed by atoms with van der Waals surface area (Å²) in [5, 5.41) is 5.38. The predicted molar refractivity (Wildman–Crippen MR) is 55.9 cm³/mol. The minimum absolute atomic E-state index is 0.743. The fourth-order valence-corrected chi connectivity index (χ4v) is 2.42. The van der Waals surface area contributed by atoms with Crippen LogP contribution in [0.3, 0.4) is 0 Å². The van der Waals surface area contributed by atoms with Gasteiger partial charge in [-0.2, -0.15) is 0 Å². The zero-order chi connectivity index (χ0) is 8.97. The summed E-state index contributed by atoms with van der Waals surface area (Å²) in [6.07, 6.45) is 1.21. The lowest BCUT2D eigenvalue weighted by Crippen LogP contribution is -2.17. The molecule has 0 spiro atoms. The maximum atomic E-state index is 3.20. The molecule has 0 fully saturated rings. The Bertz CT molecular complexity index is 229. The molecule has 0 amide bonds. The monoisotopic (exact) mass is 183 g/mol. The number of thiophene rings is 1. The number of nitrogens with one attached hydrogen (secondary N) is 1. The van der Waals surface area contributed by atoms with E-state index in [1.165, 1.54) is 16.9 Å². The zero-order valence-corrected chi connectivity index (χ0v) is 8.87. The van der Waals surface area contributed by atoms with E-state index in [1.54, 1.807) is 0 Å². The standard InChI is InChI=1S/C10H17NS/c1-8(7-11-3)6-10-9(2)4-5-12-10/h4-5,8,11H,6-7H2,1-3H3. The molecule has 1 heterocycles. The normalized spacial score (nSPS) is 13.2. The van der Waals surface area contributed by atoms with Gasteiger partial charge < -0.3 is 5.32 Å². The Morgan fingerprint density at radius 2 is 2.33 bits per heavy atom. The van der Waals surface area contributed by atoms with Gasteiger partial charge in [-0.15, -0.1) is 11.3 Å². The highest BCUT2D eigenvalue weighted by Gasteiger charge is 2.05. The maximum Gasteiger partial charge on any atom is 0.00775 e. The molecule has 0 saturated heterocycles. The van der Waals surface area contributed by atoms with E-state index >= 15 is 0 Å². The first kappa shape index (κ1) is 9.75. The third-order valence-corrected chi connectivity index (χ3v) is 3.10. The molecule has 68 valence electrons. The quantitative estimate of drug-likeness (QED) is 0.756. The molecule has 1 atom stereocenters. The molecule has 0 aliphatic rings. The van der Waals surface area contributed by atoms with Crippen LogP contribution in [0.2, 0.25) is 0 Å². The minimum atomic E-state index is 0.743. The van der Waals surface area contributed by atoms with Gasteiger partial charge in [-0.1, -0.05) is 6.92 Å². The first-order valence-corrected chi connectivity index (χ1v) is 5.29. The number of hydrogen-bond acceptors (Lipinski definition) is 2. The third kappa shape index (κ3) is 2.61. The molecule has 0 aromatic carbocycles. The number of hydrogen-bond donors (Lipinski definition) is 1. The lowest BCUT2D eigenvalue weighted by Gasteiger charge is -2.09. The van der Waals surface area contributed by atoms with Gasteiger partial charge in [0.05, 0.1) is 0 Å². The minimum Gasteiger partial charge on any atom is -0.319 e. The summed E-state index contributed by atoms with van der Waals surface area (Å²) in [6, 6.07) is 2.20. The van der Waals surface area contributed by atoms with E-state index in [4.69, 9.17) is 0 Å². The average molecular weight is 183 g/mol. The van der Waals surface area contributed by atoms with Crippen LogP contribution >= 0.6 is 11.3 Å². The summed E-state index contributed by atoms with van der Waals surface area (Å²) in [5.41, 5.74) is 1.45. The van der Waals surface area contributed by atoms with Crippen LogP contribution in [0.4, 0.5) is 0 Å². The summed E-state index contributed by atoms with van der Waals surface area (Å²) in [6.45, 7) is 5.59. The molecule has 0 aliphatic carbocycles. The summed E-state index contributed by atoms with van der Waals surface area (Å²) < 4.78 is 0. The Kier molecular flexibility index (Phi) is 3.76. The topological polar surface area (TPSA) is 12.0 Å². The Labute approximate surface area is 78.8 Å². The molecule has 1 aromatic rings. The zero-order valence-electron chi connectivity index (χ0n) is 8.05. The van der Waals surface area contributed by atoms with Gasteiger partial charge in [-0.25, -0.2) is 0 Å². The van der Waals surface area contributed by atoms with E-state index in [0.29, 0.717) is 0 Å².